The van der Waals surface area contributed by atoms with Crippen molar-refractivity contribution in [1.82, 2.24) is 40.9 Å². The van der Waals surface area contributed by atoms with E-state index in [4.69, 9.17) is 25.7 Å². The number of carbonyl (C=O) groups is 9. The number of nitrogen functional groups attached to an aromatic ring is 1. The highest BCUT2D eigenvalue weighted by atomic mass is 32.2. The molecule has 5 aromatic rings. The van der Waals surface area contributed by atoms with E-state index in [1.165, 1.54) is 62.7 Å². The van der Waals surface area contributed by atoms with E-state index in [2.05, 4.69) is 46.4 Å². The Labute approximate surface area is 506 Å². The third-order valence-electron chi connectivity index (χ3n) is 15.4. The number of aromatic nitrogens is 4. The first-order valence-corrected chi connectivity index (χ1v) is 28.5. The SMILES string of the molecule is COc1cccc2c1C(=O)c1c(O)c3c(c(O)c1C2=O)C[C@@](O)(/C(CO)=N\NC(=O)CCN1C(=O)CC(SC[C@H](NC(=O)CC[C@H](NC(=O)c2ccc(NCc4cnc5nc(N)[nH]c(=O)c5n4)cc2)C(=O)O)C(=O)O)C1=O)C[C@@H]3O[C@H]1CC(N)[C@H](O)C(C)O1. The van der Waals surface area contributed by atoms with Crippen LogP contribution in [0.4, 0.5) is 11.6 Å². The molecule has 4 aliphatic rings. The Hall–Kier alpha value is -9.51. The molecule has 33 heteroatoms. The largest absolute Gasteiger partial charge is 0.507 e. The summed E-state index contributed by atoms with van der Waals surface area (Å²) >= 11 is 0.723. The van der Waals surface area contributed by atoms with Crippen LogP contribution in [0.1, 0.15) is 111 Å². The topological polar surface area (TPSA) is 510 Å². The molecule has 0 spiro atoms. The van der Waals surface area contributed by atoms with Crippen molar-refractivity contribution >= 4 is 93.3 Å². The zero-order valence-corrected chi connectivity index (χ0v) is 48.1. The fourth-order valence-corrected chi connectivity index (χ4v) is 11.9. The number of hydrogen-bond acceptors (Lipinski definition) is 26. The molecule has 3 unspecified atom stereocenters. The van der Waals surface area contributed by atoms with Gasteiger partial charge in [-0.2, -0.15) is 10.1 Å². The molecule has 2 saturated heterocycles. The van der Waals surface area contributed by atoms with E-state index in [0.717, 1.165) is 16.7 Å². The molecule has 16 N–H and O–H groups in total. The molecule has 2 fully saturated rings. The van der Waals surface area contributed by atoms with E-state index >= 15 is 0 Å². The number of aromatic amines is 1. The molecule has 0 bridgehead atoms. The number of carbonyl (C=O) groups excluding carboxylic acids is 7. The number of anilines is 2. The number of nitrogens with two attached hydrogens (primary N) is 2. The van der Waals surface area contributed by atoms with E-state index in [-0.39, 0.29) is 63.6 Å². The molecule has 2 aromatic heterocycles. The van der Waals surface area contributed by atoms with Gasteiger partial charge < -0.3 is 77.4 Å². The summed E-state index contributed by atoms with van der Waals surface area (Å²) in [6, 6.07) is 5.94. The Bertz CT molecular complexity index is 3800. The molecule has 470 valence electrons. The molecule has 5 amide bonds. The number of aromatic hydroxyl groups is 2. The Morgan fingerprint density at radius 3 is 2.35 bits per heavy atom. The van der Waals surface area contributed by atoms with Crippen molar-refractivity contribution in [3.63, 3.8) is 0 Å². The fourth-order valence-electron chi connectivity index (χ4n) is 10.7. The number of phenols is 2. The smallest absolute Gasteiger partial charge is 0.327 e. The molecule has 4 heterocycles. The summed E-state index contributed by atoms with van der Waals surface area (Å²) in [7, 11) is 1.27. The van der Waals surface area contributed by atoms with Crippen LogP contribution in [0.2, 0.25) is 0 Å². The molecule has 2 aliphatic heterocycles. The summed E-state index contributed by atoms with van der Waals surface area (Å²) in [6.45, 7) is 0.0699. The van der Waals surface area contributed by atoms with Crippen LogP contribution >= 0.6 is 11.8 Å². The van der Waals surface area contributed by atoms with Crippen molar-refractivity contribution in [2.45, 2.75) is 112 Å². The molecule has 0 saturated carbocycles. The van der Waals surface area contributed by atoms with Gasteiger partial charge in [-0.25, -0.2) is 25.0 Å². The van der Waals surface area contributed by atoms with E-state index in [0.29, 0.717) is 11.4 Å². The minimum atomic E-state index is -2.37. The summed E-state index contributed by atoms with van der Waals surface area (Å²) in [5.74, 6) is -11.1. The highest BCUT2D eigenvalue weighted by Crippen LogP contribution is 2.53. The number of aliphatic hydroxyl groups excluding tert-OH is 2. The number of carboxylic acids is 2. The van der Waals surface area contributed by atoms with Crippen molar-refractivity contribution < 1.29 is 93.1 Å². The van der Waals surface area contributed by atoms with Crippen LogP contribution in [-0.4, -0.2) is 193 Å². The van der Waals surface area contributed by atoms with Gasteiger partial charge in [0.2, 0.25) is 35.4 Å². The number of aliphatic carboxylic acids is 2. The second kappa shape index (κ2) is 26.4. The van der Waals surface area contributed by atoms with Crippen LogP contribution in [0.25, 0.3) is 11.2 Å². The van der Waals surface area contributed by atoms with E-state index in [9.17, 15) is 83.7 Å². The molecule has 3 aromatic carbocycles. The van der Waals surface area contributed by atoms with Crippen LogP contribution in [0.3, 0.4) is 0 Å². The van der Waals surface area contributed by atoms with Gasteiger partial charge in [0.1, 0.15) is 34.9 Å². The Kier molecular flexibility index (Phi) is 19.0. The fraction of sp³-hybridized carbons (Fsp3) is 0.393. The number of phenolic OH excluding ortho intramolecular Hbond substituents is 2. The maximum absolute atomic E-state index is 14.1. The normalized spacial score (nSPS) is 22.1. The Balaban J connectivity index is 0.780. The first kappa shape index (κ1) is 64.0. The van der Waals surface area contributed by atoms with Gasteiger partial charge in [-0.15, -0.1) is 11.8 Å². The predicted octanol–water partition coefficient (Wildman–Crippen LogP) is -1.39. The molecule has 32 nitrogen and oxygen atoms in total. The minimum Gasteiger partial charge on any atom is -0.507 e. The number of likely N-dealkylation sites (tertiary alicyclic amines) is 1. The van der Waals surface area contributed by atoms with Gasteiger partial charge >= 0.3 is 11.9 Å². The van der Waals surface area contributed by atoms with Gasteiger partial charge in [-0.05, 0) is 43.7 Å². The maximum atomic E-state index is 14.1. The van der Waals surface area contributed by atoms with Crippen molar-refractivity contribution in [2.24, 2.45) is 10.8 Å². The first-order valence-electron chi connectivity index (χ1n) is 27.5. The van der Waals surface area contributed by atoms with Gasteiger partial charge in [0.15, 0.2) is 23.2 Å². The number of hydrazone groups is 1. The lowest BCUT2D eigenvalue weighted by atomic mass is 9.71. The standard InChI is InChI=1S/C56H60N12O20S/c1-22-44(73)28(57)14-38(87-22)88-32-17-56(85,16-27-40(32)48(77)42-41(46(27)75)45(74)26-4-3-5-31(86-2)39(26)47(42)76)34(20-69)66-67-36(71)12-13-68-37(72)15-33(52(68)80)89-21-30(54(83)84)62-35(70)11-10-29(53(81)82)63-50(78)23-6-8-24(9-7-23)59-18-25-19-60-49-43(61-25)51(79)65-55(58)64-49/h3-9,19,22,28-30,32-33,38,44,59,69,73,75,77,85H,10-18,20-21,57H2,1-2H3,(H,62,70)(H,63,78)(H,67,71)(H,81,82)(H,83,84)(H3,58,60,64,65,79)/b66-34-/t22?,28?,29-,30-,32-,33?,38-,44+,56-/m0/s1. The van der Waals surface area contributed by atoms with Gasteiger partial charge in [0, 0.05) is 84.8 Å². The third-order valence-corrected chi connectivity index (χ3v) is 16.7. The highest BCUT2D eigenvalue weighted by molar-refractivity contribution is 8.00. The quantitative estimate of drug-likeness (QED) is 0.0152. The number of amides is 5. The molecule has 9 atom stereocenters. The number of aliphatic hydroxyl groups is 3. The number of methoxy groups -OCH3 is 1. The molecule has 89 heavy (non-hydrogen) atoms. The van der Waals surface area contributed by atoms with Gasteiger partial charge in [0.05, 0.1) is 78.1 Å². The molecule has 0 radical (unpaired) electrons. The number of ether oxygens (including phenoxy) is 3. The summed E-state index contributed by atoms with van der Waals surface area (Å²) in [5.41, 5.74) is 9.35. The minimum absolute atomic E-state index is 0.00914. The van der Waals surface area contributed by atoms with E-state index in [1.54, 1.807) is 0 Å². The van der Waals surface area contributed by atoms with Crippen LogP contribution in [0.5, 0.6) is 17.2 Å². The average molecular weight is 1250 g/mol. The van der Waals surface area contributed by atoms with Crippen molar-refractivity contribution in [1.29, 1.82) is 0 Å². The van der Waals surface area contributed by atoms with Crippen LogP contribution in [0, 0.1) is 0 Å². The summed E-state index contributed by atoms with van der Waals surface area (Å²) in [5, 5.41) is 87.6. The van der Waals surface area contributed by atoms with Crippen molar-refractivity contribution in [2.75, 3.05) is 37.1 Å². The van der Waals surface area contributed by atoms with Gasteiger partial charge in [0.25, 0.3) is 11.5 Å². The number of imide groups is 1. The number of benzene rings is 3. The van der Waals surface area contributed by atoms with Crippen LogP contribution in [-0.2, 0) is 51.2 Å². The zero-order chi connectivity index (χ0) is 64.3. The number of H-pyrrole nitrogens is 1. The number of nitrogens with one attached hydrogen (secondary N) is 5. The number of hydrogen-bond donors (Lipinski definition) is 14. The highest BCUT2D eigenvalue weighted by Gasteiger charge is 2.50. The second-order valence-corrected chi connectivity index (χ2v) is 22.5. The maximum Gasteiger partial charge on any atom is 0.327 e. The zero-order valence-electron chi connectivity index (χ0n) is 47.3. The van der Waals surface area contributed by atoms with Gasteiger partial charge in [-0.1, -0.05) is 12.1 Å². The number of thioether (sulfide) groups is 1. The van der Waals surface area contributed by atoms with Gasteiger partial charge in [-0.3, -0.25) is 48.2 Å². The monoisotopic (exact) mass is 1250 g/mol. The van der Waals surface area contributed by atoms with E-state index in [1.807, 2.05) is 0 Å². The average Bonchev–Trinajstić information content (AvgIpc) is 1.11. The van der Waals surface area contributed by atoms with Crippen LogP contribution in [0.15, 0.2) is 58.6 Å². The number of fused-ring (bicyclic) bond motifs is 4. The summed E-state index contributed by atoms with van der Waals surface area (Å²) in [6.07, 6.45) is -6.78. The van der Waals surface area contributed by atoms with Crippen LogP contribution < -0.4 is 43.1 Å². The summed E-state index contributed by atoms with van der Waals surface area (Å²) < 4.78 is 17.5. The van der Waals surface area contributed by atoms with Crippen molar-refractivity contribution in [3.05, 3.63) is 104 Å². The number of nitrogens with zero attached hydrogens (tertiary/aromatic N) is 5. The lowest BCUT2D eigenvalue weighted by molar-refractivity contribution is -0.245. The number of carboxylic acid groups (broad SMARTS) is 2. The molecule has 9 rings (SSSR count). The lowest BCUT2D eigenvalue weighted by Gasteiger charge is -2.43. The number of ketones is 2. The van der Waals surface area contributed by atoms with Crippen molar-refractivity contribution in [3.8, 4) is 17.2 Å². The molecular formula is C56H60N12O20S. The summed E-state index contributed by atoms with van der Waals surface area (Å²) in [4.78, 5) is 146. The lowest BCUT2D eigenvalue weighted by Crippen LogP contribution is -2.53. The Morgan fingerprint density at radius 2 is 1.66 bits per heavy atom. The predicted molar refractivity (Wildman–Crippen MR) is 308 cm³/mol. The Morgan fingerprint density at radius 1 is 0.944 bits per heavy atom. The second-order valence-electron chi connectivity index (χ2n) is 21.3. The third kappa shape index (κ3) is 13.5. The van der Waals surface area contributed by atoms with E-state index < -0.39 is 198 Å². The molecule has 2 aliphatic carbocycles. The number of rotatable bonds is 23. The first-order chi connectivity index (χ1) is 42.3. The molecular weight excluding hydrogens is 1190 g/mol.